The highest BCUT2D eigenvalue weighted by atomic mass is 79.9. The Hall–Kier alpha value is -4.36. The number of carbonyl (C=O) groups excluding carboxylic acids is 2. The van der Waals surface area contributed by atoms with Crippen LogP contribution in [-0.2, 0) is 22.6 Å². The van der Waals surface area contributed by atoms with E-state index in [1.165, 1.54) is 13.3 Å². The summed E-state index contributed by atoms with van der Waals surface area (Å²) in [6.07, 6.45) is 1.60. The molecule has 196 valence electrons. The molecular formula is C28H27BrN4O5. The number of halogens is 1. The fourth-order valence-corrected chi connectivity index (χ4v) is 3.91. The van der Waals surface area contributed by atoms with Crippen LogP contribution in [0.2, 0.25) is 0 Å². The van der Waals surface area contributed by atoms with Crippen molar-refractivity contribution >= 4 is 34.0 Å². The molecule has 0 bridgehead atoms. The van der Waals surface area contributed by atoms with Crippen LogP contribution in [0.25, 0.3) is 0 Å². The maximum Gasteiger partial charge on any atom is 0.262 e. The number of benzene rings is 3. The molecule has 3 aromatic carbocycles. The first kappa shape index (κ1) is 28.2. The second-order valence-electron chi connectivity index (χ2n) is 8.18. The van der Waals surface area contributed by atoms with Crippen LogP contribution in [0.3, 0.4) is 0 Å². The zero-order valence-corrected chi connectivity index (χ0v) is 22.7. The number of nitrogens with zero attached hydrogens (tertiary/aromatic N) is 2. The largest absolute Gasteiger partial charge is 0.497 e. The Morgan fingerprint density at radius 2 is 1.74 bits per heavy atom. The van der Waals surface area contributed by atoms with Crippen molar-refractivity contribution in [3.63, 3.8) is 0 Å². The Kier molecular flexibility index (Phi) is 10.3. The molecule has 2 N–H and O–H groups in total. The summed E-state index contributed by atoms with van der Waals surface area (Å²) in [5.41, 5.74) is 5.36. The number of hydrogen-bond donors (Lipinski definition) is 2. The molecule has 0 saturated carbocycles. The minimum Gasteiger partial charge on any atom is -0.497 e. The highest BCUT2D eigenvalue weighted by Gasteiger charge is 2.16. The summed E-state index contributed by atoms with van der Waals surface area (Å²) in [6.45, 7) is 1.86. The van der Waals surface area contributed by atoms with E-state index in [2.05, 4.69) is 37.8 Å². The van der Waals surface area contributed by atoms with Crippen LogP contribution in [0.1, 0.15) is 29.2 Å². The van der Waals surface area contributed by atoms with E-state index in [1.807, 2.05) is 12.1 Å². The molecule has 38 heavy (non-hydrogen) atoms. The second kappa shape index (κ2) is 13.8. The third-order valence-corrected chi connectivity index (χ3v) is 5.99. The van der Waals surface area contributed by atoms with E-state index in [0.29, 0.717) is 32.8 Å². The molecule has 0 heterocycles. The first-order valence-electron chi connectivity index (χ1n) is 11.6. The van der Waals surface area contributed by atoms with E-state index < -0.39 is 11.9 Å². The van der Waals surface area contributed by atoms with Gasteiger partial charge in [-0.1, -0.05) is 24.3 Å². The minimum atomic E-state index is -0.780. The van der Waals surface area contributed by atoms with E-state index in [9.17, 15) is 9.59 Å². The van der Waals surface area contributed by atoms with Crippen LogP contribution in [0.5, 0.6) is 17.2 Å². The van der Waals surface area contributed by atoms with Gasteiger partial charge in [-0.2, -0.15) is 10.4 Å². The zero-order chi connectivity index (χ0) is 27.5. The fourth-order valence-electron chi connectivity index (χ4n) is 3.34. The summed E-state index contributed by atoms with van der Waals surface area (Å²) >= 11 is 3.49. The third kappa shape index (κ3) is 8.08. The Bertz CT molecular complexity index is 1340. The number of ether oxygens (including phenoxy) is 3. The average Bonchev–Trinajstić information content (AvgIpc) is 2.92. The number of rotatable bonds is 11. The van der Waals surface area contributed by atoms with Gasteiger partial charge in [0.1, 0.15) is 18.4 Å². The van der Waals surface area contributed by atoms with Gasteiger partial charge in [0.05, 0.1) is 43.0 Å². The summed E-state index contributed by atoms with van der Waals surface area (Å²) < 4.78 is 17.1. The quantitative estimate of drug-likeness (QED) is 0.261. The van der Waals surface area contributed by atoms with Crippen molar-refractivity contribution in [3.05, 3.63) is 87.4 Å². The zero-order valence-electron chi connectivity index (χ0n) is 21.2. The summed E-state index contributed by atoms with van der Waals surface area (Å²) in [6, 6.07) is 19.0. The van der Waals surface area contributed by atoms with Crippen LogP contribution in [-0.4, -0.2) is 38.3 Å². The Morgan fingerprint density at radius 3 is 2.37 bits per heavy atom. The topological polar surface area (TPSA) is 122 Å². The number of nitrogens with one attached hydrogen (secondary N) is 2. The number of carbonyl (C=O) groups is 2. The second-order valence-corrected chi connectivity index (χ2v) is 9.03. The molecule has 0 aromatic heterocycles. The van der Waals surface area contributed by atoms with Gasteiger partial charge >= 0.3 is 0 Å². The Labute approximate surface area is 229 Å². The molecule has 0 fully saturated rings. The highest BCUT2D eigenvalue weighted by Crippen LogP contribution is 2.36. The number of nitriles is 1. The third-order valence-electron chi connectivity index (χ3n) is 5.40. The van der Waals surface area contributed by atoms with Crippen molar-refractivity contribution in [2.75, 3.05) is 14.2 Å². The smallest absolute Gasteiger partial charge is 0.262 e. The Morgan fingerprint density at radius 1 is 1.05 bits per heavy atom. The molecule has 0 radical (unpaired) electrons. The lowest BCUT2D eigenvalue weighted by molar-refractivity contribution is -0.128. The Balaban J connectivity index is 1.54. The predicted molar refractivity (Wildman–Crippen MR) is 146 cm³/mol. The standard InChI is InChI=1S/C28H27BrN4O5/c1-18(32-26(34)14-19-8-10-23(36-2)11-9-19)28(35)33-31-16-22-12-24(29)27(25(13-22)37-3)38-17-21-6-4-20(15-30)5-7-21/h4-13,16,18H,14,17H2,1-3H3,(H,32,34)(H,33,35). The van der Waals surface area contributed by atoms with Crippen molar-refractivity contribution in [1.82, 2.24) is 10.7 Å². The number of methoxy groups -OCH3 is 2. The normalized spacial score (nSPS) is 11.3. The number of hydrogen-bond acceptors (Lipinski definition) is 7. The minimum absolute atomic E-state index is 0.137. The molecule has 3 aromatic rings. The lowest BCUT2D eigenvalue weighted by Crippen LogP contribution is -2.43. The number of hydrazone groups is 1. The average molecular weight is 579 g/mol. The van der Waals surface area contributed by atoms with Crippen molar-refractivity contribution in [2.24, 2.45) is 5.10 Å². The van der Waals surface area contributed by atoms with Gasteiger partial charge < -0.3 is 19.5 Å². The molecule has 0 saturated heterocycles. The maximum absolute atomic E-state index is 12.4. The van der Waals surface area contributed by atoms with E-state index in [-0.39, 0.29) is 18.9 Å². The van der Waals surface area contributed by atoms with Crippen LogP contribution in [0.4, 0.5) is 0 Å². The molecule has 0 spiro atoms. The van der Waals surface area contributed by atoms with E-state index in [4.69, 9.17) is 19.5 Å². The monoisotopic (exact) mass is 578 g/mol. The molecule has 1 atom stereocenters. The van der Waals surface area contributed by atoms with Gasteiger partial charge in [0.25, 0.3) is 5.91 Å². The molecule has 9 nitrogen and oxygen atoms in total. The molecule has 2 amide bonds. The van der Waals surface area contributed by atoms with Crippen LogP contribution in [0.15, 0.2) is 70.2 Å². The molecule has 3 rings (SSSR count). The van der Waals surface area contributed by atoms with Crippen molar-refractivity contribution in [2.45, 2.75) is 26.0 Å². The van der Waals surface area contributed by atoms with Gasteiger partial charge in [0.15, 0.2) is 11.5 Å². The SMILES string of the molecule is COc1ccc(CC(=O)NC(C)C(=O)NN=Cc2cc(Br)c(OCc3ccc(C#N)cc3)c(OC)c2)cc1. The van der Waals surface area contributed by atoms with Gasteiger partial charge in [-0.05, 0) is 75.9 Å². The molecule has 0 aliphatic carbocycles. The molecule has 10 heteroatoms. The van der Waals surface area contributed by atoms with Gasteiger partial charge in [-0.3, -0.25) is 9.59 Å². The van der Waals surface area contributed by atoms with Crippen molar-refractivity contribution in [1.29, 1.82) is 5.26 Å². The molecule has 0 aliphatic heterocycles. The van der Waals surface area contributed by atoms with Crippen molar-refractivity contribution in [3.8, 4) is 23.3 Å². The summed E-state index contributed by atoms with van der Waals surface area (Å²) in [5, 5.41) is 15.6. The van der Waals surface area contributed by atoms with Crippen LogP contribution >= 0.6 is 15.9 Å². The lowest BCUT2D eigenvalue weighted by Gasteiger charge is -2.14. The van der Waals surface area contributed by atoms with E-state index in [1.54, 1.807) is 62.6 Å². The first-order chi connectivity index (χ1) is 18.3. The predicted octanol–water partition coefficient (Wildman–Crippen LogP) is 4.11. The maximum atomic E-state index is 12.4. The molecular weight excluding hydrogens is 552 g/mol. The van der Waals surface area contributed by atoms with E-state index >= 15 is 0 Å². The fraction of sp³-hybridized carbons (Fsp3) is 0.214. The van der Waals surface area contributed by atoms with E-state index in [0.717, 1.165) is 11.1 Å². The van der Waals surface area contributed by atoms with Gasteiger partial charge in [-0.15, -0.1) is 0 Å². The summed E-state index contributed by atoms with van der Waals surface area (Å²) in [7, 11) is 3.10. The summed E-state index contributed by atoms with van der Waals surface area (Å²) in [4.78, 5) is 24.7. The van der Waals surface area contributed by atoms with Gasteiger partial charge in [0, 0.05) is 0 Å². The number of amides is 2. The van der Waals surface area contributed by atoms with Gasteiger partial charge in [-0.25, -0.2) is 5.43 Å². The summed E-state index contributed by atoms with van der Waals surface area (Å²) in [5.74, 6) is 0.936. The van der Waals surface area contributed by atoms with Crippen molar-refractivity contribution < 1.29 is 23.8 Å². The molecule has 1 unspecified atom stereocenters. The lowest BCUT2D eigenvalue weighted by atomic mass is 10.1. The molecule has 0 aliphatic rings. The van der Waals surface area contributed by atoms with Crippen LogP contribution < -0.4 is 25.0 Å². The first-order valence-corrected chi connectivity index (χ1v) is 12.4. The highest BCUT2D eigenvalue weighted by molar-refractivity contribution is 9.10. The van der Waals surface area contributed by atoms with Gasteiger partial charge in [0.2, 0.25) is 5.91 Å². The van der Waals surface area contributed by atoms with Crippen LogP contribution in [0, 0.1) is 11.3 Å².